The Balaban J connectivity index is 2.38. The maximum atomic E-state index is 10.9. The minimum absolute atomic E-state index is 0.0877. The van der Waals surface area contributed by atoms with E-state index in [9.17, 15) is 14.9 Å². The van der Waals surface area contributed by atoms with Crippen LogP contribution in [-0.4, -0.2) is 23.2 Å². The fourth-order valence-electron chi connectivity index (χ4n) is 1.91. The highest BCUT2D eigenvalue weighted by Gasteiger charge is 2.49. The minimum atomic E-state index is -1.37. The fourth-order valence-corrected chi connectivity index (χ4v) is 1.91. The average molecular weight is 252 g/mol. The molecule has 2 rings (SSSR count). The molecule has 96 valence electrons. The maximum Gasteiger partial charge on any atom is 0.506 e. The van der Waals surface area contributed by atoms with E-state index >= 15 is 0 Å². The van der Waals surface area contributed by atoms with E-state index < -0.39 is 16.7 Å². The molecule has 0 aliphatic heterocycles. The van der Waals surface area contributed by atoms with Gasteiger partial charge in [0.1, 0.15) is 11.3 Å². The summed E-state index contributed by atoms with van der Waals surface area (Å²) in [6.45, 7) is 0. The molecule has 0 saturated heterocycles. The molecule has 1 aromatic rings. The summed E-state index contributed by atoms with van der Waals surface area (Å²) in [5.41, 5.74) is -0.0798. The van der Waals surface area contributed by atoms with E-state index in [0.717, 1.165) is 0 Å². The lowest BCUT2D eigenvalue weighted by atomic mass is 10.1. The summed E-state index contributed by atoms with van der Waals surface area (Å²) in [6, 6.07) is 4.56. The Kier molecular flexibility index (Phi) is 2.82. The second-order valence-electron chi connectivity index (χ2n) is 4.10. The first kappa shape index (κ1) is 12.2. The summed E-state index contributed by atoms with van der Waals surface area (Å²) < 4.78 is 4.82. The van der Waals surface area contributed by atoms with Crippen LogP contribution < -0.4 is 5.32 Å². The first-order chi connectivity index (χ1) is 8.48. The van der Waals surface area contributed by atoms with Crippen LogP contribution in [0.1, 0.15) is 18.4 Å². The van der Waals surface area contributed by atoms with Crippen LogP contribution in [-0.2, 0) is 10.3 Å². The van der Waals surface area contributed by atoms with Crippen LogP contribution in [0.2, 0.25) is 0 Å². The molecule has 7 nitrogen and oxygen atoms in total. The van der Waals surface area contributed by atoms with Crippen LogP contribution in [0.4, 0.5) is 16.2 Å². The van der Waals surface area contributed by atoms with Gasteiger partial charge in [-0.15, -0.1) is 0 Å². The number of hydrogen-bond acceptors (Lipinski definition) is 5. The molecule has 1 aromatic carbocycles. The molecule has 0 spiro atoms. The molecule has 0 heterocycles. The Hall–Kier alpha value is -2.31. The van der Waals surface area contributed by atoms with Gasteiger partial charge >= 0.3 is 6.16 Å². The smallest absolute Gasteiger partial charge is 0.450 e. The van der Waals surface area contributed by atoms with Gasteiger partial charge in [-0.1, -0.05) is 6.07 Å². The molecule has 0 amide bonds. The summed E-state index contributed by atoms with van der Waals surface area (Å²) in [5, 5.41) is 22.3. The number of rotatable bonds is 4. The highest BCUT2D eigenvalue weighted by Crippen LogP contribution is 2.50. The molecule has 1 saturated carbocycles. The molecule has 2 N–H and O–H groups in total. The number of nitrogens with zero attached hydrogens (tertiary/aromatic N) is 1. The molecule has 18 heavy (non-hydrogen) atoms. The average Bonchev–Trinajstić information content (AvgIpc) is 3.08. The zero-order valence-corrected chi connectivity index (χ0v) is 9.67. The number of nitro groups is 1. The van der Waals surface area contributed by atoms with Gasteiger partial charge in [-0.3, -0.25) is 10.1 Å². The molecular formula is C11H12N2O5. The van der Waals surface area contributed by atoms with Gasteiger partial charge in [0, 0.05) is 18.7 Å². The molecule has 1 aliphatic rings. The van der Waals surface area contributed by atoms with Crippen LogP contribution in [0.15, 0.2) is 18.2 Å². The van der Waals surface area contributed by atoms with E-state index in [2.05, 4.69) is 5.32 Å². The lowest BCUT2D eigenvalue weighted by Crippen LogP contribution is -2.16. The Morgan fingerprint density at radius 2 is 2.22 bits per heavy atom. The highest BCUT2D eigenvalue weighted by atomic mass is 16.7. The quantitative estimate of drug-likeness (QED) is 0.484. The van der Waals surface area contributed by atoms with Crippen molar-refractivity contribution < 1.29 is 19.6 Å². The van der Waals surface area contributed by atoms with Crippen LogP contribution >= 0.6 is 0 Å². The molecule has 0 unspecified atom stereocenters. The molecule has 0 bridgehead atoms. The molecule has 0 atom stereocenters. The number of carbonyl (C=O) groups is 1. The molecule has 0 radical (unpaired) electrons. The third-order valence-electron chi connectivity index (χ3n) is 2.98. The number of nitro benzene ring substituents is 1. The van der Waals surface area contributed by atoms with E-state index in [-0.39, 0.29) is 5.69 Å². The van der Waals surface area contributed by atoms with Gasteiger partial charge in [0.15, 0.2) is 0 Å². The lowest BCUT2D eigenvalue weighted by molar-refractivity contribution is -0.384. The number of nitrogens with one attached hydrogen (secondary N) is 1. The number of anilines is 1. The van der Waals surface area contributed by atoms with Gasteiger partial charge in [0.25, 0.3) is 5.69 Å². The summed E-state index contributed by atoms with van der Waals surface area (Å²) in [6.07, 6.45) is -0.266. The number of ether oxygens (including phenoxy) is 1. The van der Waals surface area contributed by atoms with E-state index in [1.165, 1.54) is 6.07 Å². The van der Waals surface area contributed by atoms with Crippen molar-refractivity contribution in [2.75, 3.05) is 12.4 Å². The van der Waals surface area contributed by atoms with Crippen LogP contribution in [0.25, 0.3) is 0 Å². The molecule has 0 aromatic heterocycles. The van der Waals surface area contributed by atoms with Gasteiger partial charge in [-0.2, -0.15) is 0 Å². The van der Waals surface area contributed by atoms with E-state index in [1.807, 2.05) is 0 Å². The third kappa shape index (κ3) is 2.06. The predicted octanol–water partition coefficient (Wildman–Crippen LogP) is 2.32. The Morgan fingerprint density at radius 3 is 2.67 bits per heavy atom. The van der Waals surface area contributed by atoms with Gasteiger partial charge in [0.05, 0.1) is 4.92 Å². The SMILES string of the molecule is CNc1ccc(C2(OC(=O)O)CC2)cc1[N+](=O)[O-]. The Bertz CT molecular complexity index is 510. The fraction of sp³-hybridized carbons (Fsp3) is 0.364. The minimum Gasteiger partial charge on any atom is -0.450 e. The van der Waals surface area contributed by atoms with Crippen molar-refractivity contribution in [2.24, 2.45) is 0 Å². The van der Waals surface area contributed by atoms with E-state index in [0.29, 0.717) is 24.1 Å². The van der Waals surface area contributed by atoms with Crippen LogP contribution in [0.5, 0.6) is 0 Å². The number of hydrogen-bond donors (Lipinski definition) is 2. The third-order valence-corrected chi connectivity index (χ3v) is 2.98. The zero-order chi connectivity index (χ0) is 13.3. The summed E-state index contributed by atoms with van der Waals surface area (Å²) >= 11 is 0. The molecule has 1 aliphatic carbocycles. The van der Waals surface area contributed by atoms with Gasteiger partial charge in [0.2, 0.25) is 0 Å². The van der Waals surface area contributed by atoms with Crippen molar-refractivity contribution >= 4 is 17.5 Å². The van der Waals surface area contributed by atoms with Crippen molar-refractivity contribution in [1.82, 2.24) is 0 Å². The Morgan fingerprint density at radius 1 is 1.56 bits per heavy atom. The van der Waals surface area contributed by atoms with Crippen molar-refractivity contribution in [3.05, 3.63) is 33.9 Å². The second-order valence-corrected chi connectivity index (χ2v) is 4.10. The normalized spacial score (nSPS) is 15.8. The van der Waals surface area contributed by atoms with Crippen LogP contribution in [0.3, 0.4) is 0 Å². The predicted molar refractivity (Wildman–Crippen MR) is 62.7 cm³/mol. The van der Waals surface area contributed by atoms with Gasteiger partial charge in [-0.25, -0.2) is 4.79 Å². The van der Waals surface area contributed by atoms with E-state index in [1.54, 1.807) is 19.2 Å². The molecule has 7 heteroatoms. The van der Waals surface area contributed by atoms with Crippen LogP contribution in [0, 0.1) is 10.1 Å². The van der Waals surface area contributed by atoms with Crippen molar-refractivity contribution in [2.45, 2.75) is 18.4 Å². The standard InChI is InChI=1S/C11H12N2O5/c1-12-8-3-2-7(6-9(8)13(16)17)11(4-5-11)18-10(14)15/h2-3,6,12H,4-5H2,1H3,(H,14,15). The molecular weight excluding hydrogens is 240 g/mol. The Labute approximate surface area is 103 Å². The summed E-state index contributed by atoms with van der Waals surface area (Å²) in [7, 11) is 1.59. The number of benzene rings is 1. The first-order valence-corrected chi connectivity index (χ1v) is 5.37. The monoisotopic (exact) mass is 252 g/mol. The highest BCUT2D eigenvalue weighted by molar-refractivity contribution is 5.64. The van der Waals surface area contributed by atoms with Gasteiger partial charge in [-0.05, 0) is 18.9 Å². The molecule has 1 fully saturated rings. The maximum absolute atomic E-state index is 10.9. The first-order valence-electron chi connectivity index (χ1n) is 5.37. The lowest BCUT2D eigenvalue weighted by Gasteiger charge is -2.15. The van der Waals surface area contributed by atoms with E-state index in [4.69, 9.17) is 9.84 Å². The largest absolute Gasteiger partial charge is 0.506 e. The van der Waals surface area contributed by atoms with Gasteiger partial charge < -0.3 is 15.2 Å². The second kappa shape index (κ2) is 4.17. The summed E-state index contributed by atoms with van der Waals surface area (Å²) in [5.74, 6) is 0. The van der Waals surface area contributed by atoms with Crippen molar-refractivity contribution in [3.63, 3.8) is 0 Å². The number of carboxylic acid groups (broad SMARTS) is 1. The van der Waals surface area contributed by atoms with Crippen molar-refractivity contribution in [3.8, 4) is 0 Å². The van der Waals surface area contributed by atoms with Crippen molar-refractivity contribution in [1.29, 1.82) is 0 Å². The topological polar surface area (TPSA) is 102 Å². The summed E-state index contributed by atoms with van der Waals surface area (Å²) in [4.78, 5) is 21.0. The zero-order valence-electron chi connectivity index (χ0n) is 9.67.